The van der Waals surface area contributed by atoms with Gasteiger partial charge in [-0.1, -0.05) is 20.8 Å². The van der Waals surface area contributed by atoms with Crippen LogP contribution in [0, 0.1) is 11.8 Å². The second-order valence-corrected chi connectivity index (χ2v) is 4.95. The van der Waals surface area contributed by atoms with Gasteiger partial charge in [-0.2, -0.15) is 0 Å². The molecule has 2 heteroatoms. The summed E-state index contributed by atoms with van der Waals surface area (Å²) in [6.07, 6.45) is 2.53. The van der Waals surface area contributed by atoms with E-state index in [9.17, 15) is 0 Å². The first-order chi connectivity index (χ1) is 6.49. The zero-order valence-electron chi connectivity index (χ0n) is 10.6. The smallest absolute Gasteiger partial charge is 0.00868 e. The monoisotopic (exact) mass is 200 g/mol. The van der Waals surface area contributed by atoms with E-state index < -0.39 is 0 Å². The zero-order chi connectivity index (χ0) is 11.1. The van der Waals surface area contributed by atoms with Crippen molar-refractivity contribution < 1.29 is 0 Å². The molecule has 0 aromatic rings. The Bertz CT molecular complexity index is 134. The number of hydrogen-bond donors (Lipinski definition) is 1. The van der Waals surface area contributed by atoms with E-state index in [1.807, 2.05) is 0 Å². The standard InChI is InChI=1S/C12H28N2/c1-10(2)12(4)14(5)8-6-7-11(3)9-13/h10-12H,6-9,13H2,1-5H3. The summed E-state index contributed by atoms with van der Waals surface area (Å²) in [6.45, 7) is 11.1. The topological polar surface area (TPSA) is 29.3 Å². The molecule has 0 aromatic heterocycles. The van der Waals surface area contributed by atoms with Crippen LogP contribution in [-0.4, -0.2) is 31.1 Å². The fourth-order valence-corrected chi connectivity index (χ4v) is 1.52. The Morgan fingerprint density at radius 2 is 1.71 bits per heavy atom. The Hall–Kier alpha value is -0.0800. The van der Waals surface area contributed by atoms with Gasteiger partial charge in [0, 0.05) is 6.04 Å². The maximum Gasteiger partial charge on any atom is 0.00868 e. The summed E-state index contributed by atoms with van der Waals surface area (Å²) in [5.74, 6) is 1.42. The fourth-order valence-electron chi connectivity index (χ4n) is 1.52. The fraction of sp³-hybridized carbons (Fsp3) is 1.00. The van der Waals surface area contributed by atoms with Gasteiger partial charge in [-0.05, 0) is 51.7 Å². The average Bonchev–Trinajstić information content (AvgIpc) is 2.15. The molecule has 0 aliphatic carbocycles. The van der Waals surface area contributed by atoms with Crippen molar-refractivity contribution in [1.29, 1.82) is 0 Å². The molecule has 0 spiro atoms. The van der Waals surface area contributed by atoms with E-state index in [1.54, 1.807) is 0 Å². The minimum atomic E-state index is 0.678. The van der Waals surface area contributed by atoms with Gasteiger partial charge in [-0.15, -0.1) is 0 Å². The first-order valence-electron chi connectivity index (χ1n) is 5.89. The molecule has 0 amide bonds. The zero-order valence-corrected chi connectivity index (χ0v) is 10.6. The highest BCUT2D eigenvalue weighted by Crippen LogP contribution is 2.10. The molecule has 0 heterocycles. The van der Waals surface area contributed by atoms with Crippen molar-refractivity contribution in [2.24, 2.45) is 17.6 Å². The van der Waals surface area contributed by atoms with E-state index in [1.165, 1.54) is 19.4 Å². The van der Waals surface area contributed by atoms with Gasteiger partial charge >= 0.3 is 0 Å². The molecule has 0 bridgehead atoms. The van der Waals surface area contributed by atoms with Crippen LogP contribution in [-0.2, 0) is 0 Å². The molecule has 2 nitrogen and oxygen atoms in total. The van der Waals surface area contributed by atoms with E-state index in [2.05, 4.69) is 39.6 Å². The van der Waals surface area contributed by atoms with Gasteiger partial charge in [-0.25, -0.2) is 0 Å². The van der Waals surface area contributed by atoms with Gasteiger partial charge in [-0.3, -0.25) is 0 Å². The molecule has 2 unspecified atom stereocenters. The second-order valence-electron chi connectivity index (χ2n) is 4.95. The Balaban J connectivity index is 3.58. The Kier molecular flexibility index (Phi) is 7.20. The average molecular weight is 200 g/mol. The van der Waals surface area contributed by atoms with Crippen molar-refractivity contribution in [3.8, 4) is 0 Å². The third-order valence-corrected chi connectivity index (χ3v) is 3.27. The minimum absolute atomic E-state index is 0.678. The predicted molar refractivity (Wildman–Crippen MR) is 64.4 cm³/mol. The number of nitrogens with zero attached hydrogens (tertiary/aromatic N) is 1. The first-order valence-corrected chi connectivity index (χ1v) is 5.89. The molecular weight excluding hydrogens is 172 g/mol. The van der Waals surface area contributed by atoms with Gasteiger partial charge in [0.15, 0.2) is 0 Å². The molecule has 0 aliphatic rings. The van der Waals surface area contributed by atoms with Gasteiger partial charge in [0.25, 0.3) is 0 Å². The lowest BCUT2D eigenvalue weighted by Gasteiger charge is -2.28. The molecule has 0 aromatic carbocycles. The quantitative estimate of drug-likeness (QED) is 0.683. The summed E-state index contributed by atoms with van der Waals surface area (Å²) in [5.41, 5.74) is 5.58. The molecule has 86 valence electrons. The molecule has 2 atom stereocenters. The van der Waals surface area contributed by atoms with Crippen molar-refractivity contribution in [2.45, 2.75) is 46.6 Å². The van der Waals surface area contributed by atoms with Crippen molar-refractivity contribution >= 4 is 0 Å². The highest BCUT2D eigenvalue weighted by molar-refractivity contribution is 4.67. The van der Waals surface area contributed by atoms with Gasteiger partial charge in [0.2, 0.25) is 0 Å². The number of nitrogens with two attached hydrogens (primary N) is 1. The van der Waals surface area contributed by atoms with Crippen LogP contribution < -0.4 is 5.73 Å². The van der Waals surface area contributed by atoms with Crippen LogP contribution >= 0.6 is 0 Å². The van der Waals surface area contributed by atoms with Crippen LogP contribution in [0.5, 0.6) is 0 Å². The highest BCUT2D eigenvalue weighted by atomic mass is 15.1. The summed E-state index contributed by atoms with van der Waals surface area (Å²) in [6, 6.07) is 0.684. The van der Waals surface area contributed by atoms with Crippen LogP contribution in [0.2, 0.25) is 0 Å². The SMILES string of the molecule is CC(CN)CCCN(C)C(C)C(C)C. The lowest BCUT2D eigenvalue weighted by Crippen LogP contribution is -2.34. The first kappa shape index (κ1) is 13.9. The summed E-state index contributed by atoms with van der Waals surface area (Å²) in [7, 11) is 2.22. The molecule has 14 heavy (non-hydrogen) atoms. The Labute approximate surface area is 89.9 Å². The second kappa shape index (κ2) is 7.24. The number of rotatable bonds is 7. The van der Waals surface area contributed by atoms with Crippen molar-refractivity contribution in [1.82, 2.24) is 4.90 Å². The number of hydrogen-bond acceptors (Lipinski definition) is 2. The summed E-state index contributed by atoms with van der Waals surface area (Å²) in [5, 5.41) is 0. The largest absolute Gasteiger partial charge is 0.330 e. The molecule has 0 aliphatic heterocycles. The molecule has 0 saturated heterocycles. The van der Waals surface area contributed by atoms with Gasteiger partial charge in [0.05, 0.1) is 0 Å². The molecule has 0 rings (SSSR count). The van der Waals surface area contributed by atoms with Crippen LogP contribution in [0.25, 0.3) is 0 Å². The van der Waals surface area contributed by atoms with Crippen LogP contribution in [0.4, 0.5) is 0 Å². The minimum Gasteiger partial charge on any atom is -0.330 e. The van der Waals surface area contributed by atoms with Crippen molar-refractivity contribution in [3.63, 3.8) is 0 Å². The molecule has 0 fully saturated rings. The molecular formula is C12H28N2. The maximum atomic E-state index is 5.58. The van der Waals surface area contributed by atoms with Crippen molar-refractivity contribution in [2.75, 3.05) is 20.1 Å². The Morgan fingerprint density at radius 1 is 1.14 bits per heavy atom. The van der Waals surface area contributed by atoms with Crippen LogP contribution in [0.1, 0.15) is 40.5 Å². The van der Waals surface area contributed by atoms with E-state index >= 15 is 0 Å². The van der Waals surface area contributed by atoms with Gasteiger partial charge in [0.1, 0.15) is 0 Å². The summed E-state index contributed by atoms with van der Waals surface area (Å²) >= 11 is 0. The molecule has 2 N–H and O–H groups in total. The highest BCUT2D eigenvalue weighted by Gasteiger charge is 2.12. The van der Waals surface area contributed by atoms with E-state index in [0.717, 1.165) is 12.5 Å². The lowest BCUT2D eigenvalue weighted by molar-refractivity contribution is 0.202. The third kappa shape index (κ3) is 5.61. The summed E-state index contributed by atoms with van der Waals surface area (Å²) in [4.78, 5) is 2.45. The van der Waals surface area contributed by atoms with E-state index in [0.29, 0.717) is 12.0 Å². The van der Waals surface area contributed by atoms with Crippen LogP contribution in [0.15, 0.2) is 0 Å². The van der Waals surface area contributed by atoms with E-state index in [-0.39, 0.29) is 0 Å². The Morgan fingerprint density at radius 3 is 2.14 bits per heavy atom. The molecule has 0 saturated carbocycles. The van der Waals surface area contributed by atoms with E-state index in [4.69, 9.17) is 5.73 Å². The van der Waals surface area contributed by atoms with Crippen LogP contribution in [0.3, 0.4) is 0 Å². The lowest BCUT2D eigenvalue weighted by atomic mass is 10.0. The van der Waals surface area contributed by atoms with Crippen molar-refractivity contribution in [3.05, 3.63) is 0 Å². The third-order valence-electron chi connectivity index (χ3n) is 3.27. The van der Waals surface area contributed by atoms with Gasteiger partial charge < -0.3 is 10.6 Å². The predicted octanol–water partition coefficient (Wildman–Crippen LogP) is 2.34. The summed E-state index contributed by atoms with van der Waals surface area (Å²) < 4.78 is 0. The maximum absolute atomic E-state index is 5.58. The normalized spacial score (nSPS) is 16.3. The molecule has 0 radical (unpaired) electrons.